The summed E-state index contributed by atoms with van der Waals surface area (Å²) in [6, 6.07) is 13.2. The lowest BCUT2D eigenvalue weighted by Crippen LogP contribution is -2.31. The van der Waals surface area contributed by atoms with E-state index in [1.807, 2.05) is 26.0 Å². The summed E-state index contributed by atoms with van der Waals surface area (Å²) in [7, 11) is 1.55. The molecule has 4 aromatic rings. The Hall–Kier alpha value is -4.76. The number of amidine groups is 1. The second-order valence-corrected chi connectivity index (χ2v) is 10.4. The number of hydrogen-bond donors (Lipinski definition) is 1. The van der Waals surface area contributed by atoms with E-state index in [9.17, 15) is 22.8 Å². The molecule has 0 saturated carbocycles. The van der Waals surface area contributed by atoms with Gasteiger partial charge in [0.15, 0.2) is 5.17 Å². The van der Waals surface area contributed by atoms with Crippen molar-refractivity contribution in [1.29, 1.82) is 0 Å². The van der Waals surface area contributed by atoms with Gasteiger partial charge in [-0.2, -0.15) is 4.99 Å². The number of benzene rings is 3. The smallest absolute Gasteiger partial charge is 0.416 e. The fourth-order valence-electron chi connectivity index (χ4n) is 4.24. The van der Waals surface area contributed by atoms with Gasteiger partial charge in [0.1, 0.15) is 11.6 Å². The summed E-state index contributed by atoms with van der Waals surface area (Å²) < 4.78 is 67.0. The summed E-state index contributed by atoms with van der Waals surface area (Å²) in [4.78, 5) is 31.0. The molecule has 1 unspecified atom stereocenters. The zero-order chi connectivity index (χ0) is 31.6. The van der Waals surface area contributed by atoms with Crippen molar-refractivity contribution >= 4 is 40.2 Å². The molecule has 0 bridgehead atoms. The molecule has 3 amide bonds. The number of urea groups is 1. The maximum Gasteiger partial charge on any atom is 0.573 e. The lowest BCUT2D eigenvalue weighted by Gasteiger charge is -2.23. The minimum absolute atomic E-state index is 0.0167. The molecule has 3 aromatic carbocycles. The Labute approximate surface area is 252 Å². The largest absolute Gasteiger partial charge is 0.573 e. The number of thioether (sulfide) groups is 1. The van der Waals surface area contributed by atoms with E-state index in [0.717, 1.165) is 41.1 Å². The number of hydrogen-bond acceptors (Lipinski definition) is 8. The summed E-state index contributed by atoms with van der Waals surface area (Å²) in [5.74, 6) is -1.53. The van der Waals surface area contributed by atoms with Gasteiger partial charge >= 0.3 is 12.4 Å². The van der Waals surface area contributed by atoms with Crippen LogP contribution in [0.4, 0.5) is 33.7 Å². The van der Waals surface area contributed by atoms with Gasteiger partial charge < -0.3 is 19.2 Å². The van der Waals surface area contributed by atoms with Gasteiger partial charge in [0.2, 0.25) is 17.7 Å². The second kappa shape index (κ2) is 12.5. The lowest BCUT2D eigenvalue weighted by atomic mass is 10.0. The summed E-state index contributed by atoms with van der Waals surface area (Å²) in [6.07, 6.45) is -5.16. The SMILES string of the molecule is COC(C)c1ccc(C)cc1N1C(=O)CSC1=NC(=O)Nc1ccc(-c2nnc(-c3ccc(OC(F)(F)F)cc3)o2)cc1F. The Balaban J connectivity index is 1.31. The van der Waals surface area contributed by atoms with E-state index in [0.29, 0.717) is 11.3 Å². The Morgan fingerprint density at radius 3 is 2.41 bits per heavy atom. The molecule has 5 rings (SSSR count). The fraction of sp³-hybridized carbons (Fsp3) is 0.207. The molecular formula is C29H23F4N5O5S. The van der Waals surface area contributed by atoms with E-state index in [2.05, 4.69) is 25.2 Å². The predicted molar refractivity (Wildman–Crippen MR) is 155 cm³/mol. The van der Waals surface area contributed by atoms with Gasteiger partial charge in [-0.15, -0.1) is 23.4 Å². The molecule has 1 aliphatic heterocycles. The van der Waals surface area contributed by atoms with Crippen LogP contribution in [0.25, 0.3) is 22.9 Å². The number of aliphatic imine (C=N–C) groups is 1. The Morgan fingerprint density at radius 2 is 1.75 bits per heavy atom. The highest BCUT2D eigenvalue weighted by Gasteiger charge is 2.33. The second-order valence-electron chi connectivity index (χ2n) is 9.46. The van der Waals surface area contributed by atoms with E-state index in [-0.39, 0.29) is 46.0 Å². The highest BCUT2D eigenvalue weighted by atomic mass is 32.2. The maximum absolute atomic E-state index is 15.0. The number of nitrogens with zero attached hydrogens (tertiary/aromatic N) is 4. The van der Waals surface area contributed by atoms with E-state index in [1.54, 1.807) is 13.2 Å². The van der Waals surface area contributed by atoms with Gasteiger partial charge in [0, 0.05) is 23.8 Å². The Kier molecular flexibility index (Phi) is 8.69. The van der Waals surface area contributed by atoms with Crippen LogP contribution in [0.15, 0.2) is 70.1 Å². The minimum Gasteiger partial charge on any atom is -0.416 e. The van der Waals surface area contributed by atoms with Crippen LogP contribution in [0.1, 0.15) is 24.2 Å². The predicted octanol–water partition coefficient (Wildman–Crippen LogP) is 7.13. The molecule has 1 N–H and O–H groups in total. The van der Waals surface area contributed by atoms with Crippen molar-refractivity contribution in [2.45, 2.75) is 26.3 Å². The third kappa shape index (κ3) is 6.89. The standard InChI is InChI=1S/C29H23F4N5O5S/c1-15-4-10-20(16(2)41-3)23(12-15)38-24(39)14-44-28(38)35-27(40)34-22-11-7-18(13-21(22)30)26-37-36-25(42-26)17-5-8-19(9-6-17)43-29(31,32)33/h4-13,16H,14H2,1-3H3,(H,34,40). The number of aryl methyl sites for hydroxylation is 1. The number of nitrogens with one attached hydrogen (secondary N) is 1. The van der Waals surface area contributed by atoms with Gasteiger partial charge in [0.05, 0.1) is 23.2 Å². The molecule has 0 radical (unpaired) electrons. The van der Waals surface area contributed by atoms with Crippen LogP contribution in [0.3, 0.4) is 0 Å². The number of anilines is 2. The average molecular weight is 630 g/mol. The van der Waals surface area contributed by atoms with Gasteiger partial charge in [-0.25, -0.2) is 9.18 Å². The van der Waals surface area contributed by atoms with Crippen molar-refractivity contribution in [2.75, 3.05) is 23.1 Å². The van der Waals surface area contributed by atoms with Crippen molar-refractivity contribution in [3.05, 3.63) is 77.6 Å². The van der Waals surface area contributed by atoms with Crippen molar-refractivity contribution in [3.8, 4) is 28.7 Å². The van der Waals surface area contributed by atoms with Crippen LogP contribution in [0.2, 0.25) is 0 Å². The third-order valence-electron chi connectivity index (χ3n) is 6.40. The van der Waals surface area contributed by atoms with Crippen LogP contribution in [0.5, 0.6) is 5.75 Å². The molecule has 228 valence electrons. The number of amides is 3. The van der Waals surface area contributed by atoms with Crippen LogP contribution < -0.4 is 15.0 Å². The number of carbonyl (C=O) groups is 2. The van der Waals surface area contributed by atoms with Gasteiger partial charge in [0.25, 0.3) is 0 Å². The first-order chi connectivity index (χ1) is 20.9. The van der Waals surface area contributed by atoms with E-state index in [1.165, 1.54) is 29.2 Å². The molecule has 1 atom stereocenters. The first-order valence-corrected chi connectivity index (χ1v) is 13.9. The van der Waals surface area contributed by atoms with Crippen LogP contribution in [-0.4, -0.2) is 46.5 Å². The first kappa shape index (κ1) is 30.7. The van der Waals surface area contributed by atoms with E-state index >= 15 is 4.39 Å². The first-order valence-electron chi connectivity index (χ1n) is 12.9. The topological polar surface area (TPSA) is 119 Å². The van der Waals surface area contributed by atoms with Crippen LogP contribution in [0, 0.1) is 12.7 Å². The van der Waals surface area contributed by atoms with Crippen molar-refractivity contribution in [2.24, 2.45) is 4.99 Å². The van der Waals surface area contributed by atoms with Crippen molar-refractivity contribution < 1.29 is 41.0 Å². The fourth-order valence-corrected chi connectivity index (χ4v) is 5.09. The molecule has 1 saturated heterocycles. The number of rotatable bonds is 7. The number of ether oxygens (including phenoxy) is 2. The number of alkyl halides is 3. The van der Waals surface area contributed by atoms with Gasteiger partial charge in [-0.3, -0.25) is 9.69 Å². The molecule has 1 fully saturated rings. The summed E-state index contributed by atoms with van der Waals surface area (Å²) >= 11 is 1.08. The van der Waals surface area contributed by atoms with E-state index < -0.39 is 24.0 Å². The van der Waals surface area contributed by atoms with Crippen LogP contribution in [-0.2, 0) is 9.53 Å². The third-order valence-corrected chi connectivity index (χ3v) is 7.32. The number of methoxy groups -OCH3 is 1. The van der Waals surface area contributed by atoms with Crippen molar-refractivity contribution in [3.63, 3.8) is 0 Å². The van der Waals surface area contributed by atoms with Gasteiger partial charge in [-0.1, -0.05) is 23.9 Å². The molecule has 1 aromatic heterocycles. The van der Waals surface area contributed by atoms with E-state index in [4.69, 9.17) is 9.15 Å². The average Bonchev–Trinajstić information content (AvgIpc) is 3.60. The number of carbonyl (C=O) groups excluding carboxylic acids is 2. The molecule has 0 spiro atoms. The monoisotopic (exact) mass is 629 g/mol. The number of halogens is 4. The number of aromatic nitrogens is 2. The highest BCUT2D eigenvalue weighted by Crippen LogP contribution is 2.35. The minimum atomic E-state index is -4.83. The molecule has 44 heavy (non-hydrogen) atoms. The van der Waals surface area contributed by atoms with Crippen molar-refractivity contribution in [1.82, 2.24) is 10.2 Å². The molecule has 10 nitrogen and oxygen atoms in total. The molecule has 2 heterocycles. The summed E-state index contributed by atoms with van der Waals surface area (Å²) in [5, 5.41) is 10.2. The molecule has 1 aliphatic rings. The summed E-state index contributed by atoms with van der Waals surface area (Å²) in [6.45, 7) is 3.71. The normalized spacial score (nSPS) is 15.1. The Morgan fingerprint density at radius 1 is 1.07 bits per heavy atom. The lowest BCUT2D eigenvalue weighted by molar-refractivity contribution is -0.274. The quantitative estimate of drug-likeness (QED) is 0.215. The summed E-state index contributed by atoms with van der Waals surface area (Å²) in [5.41, 5.74) is 2.48. The molecule has 15 heteroatoms. The Bertz CT molecular complexity index is 1740. The molecular weight excluding hydrogens is 606 g/mol. The maximum atomic E-state index is 15.0. The molecule has 0 aliphatic carbocycles. The zero-order valence-electron chi connectivity index (χ0n) is 23.3. The van der Waals surface area contributed by atoms with Gasteiger partial charge in [-0.05, 0) is 67.9 Å². The zero-order valence-corrected chi connectivity index (χ0v) is 24.1. The van der Waals surface area contributed by atoms with Crippen LogP contribution >= 0.6 is 11.8 Å². The highest BCUT2D eigenvalue weighted by molar-refractivity contribution is 8.15.